The first kappa shape index (κ1) is 21.6. The third kappa shape index (κ3) is 4.57. The summed E-state index contributed by atoms with van der Waals surface area (Å²) in [5.74, 6) is -0.884. The second-order valence-corrected chi connectivity index (χ2v) is 7.53. The number of nitrogens with two attached hydrogens (primary N) is 1. The maximum atomic E-state index is 12.9. The number of halogens is 1. The summed E-state index contributed by atoms with van der Waals surface area (Å²) in [6.07, 6.45) is 0.0888. The fourth-order valence-corrected chi connectivity index (χ4v) is 3.60. The Balaban J connectivity index is 1.77. The molecule has 1 atom stereocenters. The second-order valence-electron chi connectivity index (χ2n) is 7.12. The molecule has 2 aromatic carbocycles. The van der Waals surface area contributed by atoms with E-state index in [1.807, 2.05) is 25.1 Å². The second kappa shape index (κ2) is 9.17. The molecule has 1 aliphatic rings. The van der Waals surface area contributed by atoms with Crippen molar-refractivity contribution in [2.75, 3.05) is 7.11 Å². The number of nitrogens with zero attached hydrogens (tertiary/aromatic N) is 1. The summed E-state index contributed by atoms with van der Waals surface area (Å²) in [6.45, 7) is 2.41. The number of hydrogen-bond donors (Lipinski definition) is 1. The molecule has 158 valence electrons. The molecule has 30 heavy (non-hydrogen) atoms. The predicted octanol–water partition coefficient (Wildman–Crippen LogP) is 2.99. The highest BCUT2D eigenvalue weighted by Gasteiger charge is 2.37. The number of benzene rings is 2. The number of ether oxygens (including phenoxy) is 2. The van der Waals surface area contributed by atoms with Gasteiger partial charge in [0.05, 0.1) is 13.7 Å². The van der Waals surface area contributed by atoms with Crippen LogP contribution in [-0.4, -0.2) is 35.8 Å². The lowest BCUT2D eigenvalue weighted by Gasteiger charge is -2.24. The van der Waals surface area contributed by atoms with E-state index in [1.165, 1.54) is 12.0 Å². The van der Waals surface area contributed by atoms with Crippen LogP contribution in [0.5, 0.6) is 5.75 Å². The topological polar surface area (TPSA) is 98.9 Å². The predicted molar refractivity (Wildman–Crippen MR) is 111 cm³/mol. The number of fused-ring (bicyclic) bond motifs is 1. The van der Waals surface area contributed by atoms with Gasteiger partial charge in [-0.25, -0.2) is 0 Å². The summed E-state index contributed by atoms with van der Waals surface area (Å²) in [5.41, 5.74) is 8.57. The number of hydrogen-bond acceptors (Lipinski definition) is 5. The van der Waals surface area contributed by atoms with Crippen molar-refractivity contribution in [2.45, 2.75) is 39.0 Å². The van der Waals surface area contributed by atoms with E-state index in [4.69, 9.17) is 22.1 Å². The standard InChI is InChI=1S/C22H23ClN2O5/c1-13-10-14(6-7-17(13)23)12-30-19-5-3-4-15-16(19)11-25(22(15)28)18(21(24)27)8-9-20(26)29-2/h3-7,10,18H,8-9,11-12H2,1-2H3,(H2,24,27). The van der Waals surface area contributed by atoms with Crippen molar-refractivity contribution in [3.63, 3.8) is 0 Å². The Kier molecular flexibility index (Phi) is 6.62. The zero-order chi connectivity index (χ0) is 21.8. The SMILES string of the molecule is COC(=O)CCC(C(N)=O)N1Cc2c(OCc3ccc(Cl)c(C)c3)cccc2C1=O. The molecule has 0 fully saturated rings. The highest BCUT2D eigenvalue weighted by Crippen LogP contribution is 2.33. The van der Waals surface area contributed by atoms with E-state index in [9.17, 15) is 14.4 Å². The van der Waals surface area contributed by atoms with Gasteiger partial charge in [-0.3, -0.25) is 14.4 Å². The lowest BCUT2D eigenvalue weighted by molar-refractivity contribution is -0.141. The van der Waals surface area contributed by atoms with Gasteiger partial charge in [-0.15, -0.1) is 0 Å². The largest absolute Gasteiger partial charge is 0.489 e. The average molecular weight is 431 g/mol. The number of carbonyl (C=O) groups excluding carboxylic acids is 3. The van der Waals surface area contributed by atoms with Crippen molar-refractivity contribution in [3.05, 3.63) is 63.7 Å². The molecule has 8 heteroatoms. The van der Waals surface area contributed by atoms with E-state index in [2.05, 4.69) is 4.74 Å². The summed E-state index contributed by atoms with van der Waals surface area (Å²) in [6, 6.07) is 9.94. The van der Waals surface area contributed by atoms with Gasteiger partial charge in [-0.2, -0.15) is 0 Å². The minimum Gasteiger partial charge on any atom is -0.489 e. The molecular formula is C22H23ClN2O5. The maximum Gasteiger partial charge on any atom is 0.305 e. The normalized spacial score (nSPS) is 13.7. The van der Waals surface area contributed by atoms with Crippen molar-refractivity contribution >= 4 is 29.4 Å². The van der Waals surface area contributed by atoms with Gasteiger partial charge in [0, 0.05) is 22.6 Å². The summed E-state index contributed by atoms with van der Waals surface area (Å²) in [4.78, 5) is 37.7. The van der Waals surface area contributed by atoms with Gasteiger partial charge in [0.25, 0.3) is 5.91 Å². The molecule has 0 aliphatic carbocycles. The molecule has 2 amide bonds. The van der Waals surface area contributed by atoms with Crippen LogP contribution in [0.15, 0.2) is 36.4 Å². The summed E-state index contributed by atoms with van der Waals surface area (Å²) >= 11 is 6.07. The Labute approximate surface area is 179 Å². The fourth-order valence-electron chi connectivity index (χ4n) is 3.48. The number of aryl methyl sites for hydroxylation is 1. The Morgan fingerprint density at radius 2 is 2.03 bits per heavy atom. The van der Waals surface area contributed by atoms with Crippen molar-refractivity contribution in [2.24, 2.45) is 5.73 Å². The molecule has 0 aromatic heterocycles. The monoisotopic (exact) mass is 430 g/mol. The number of esters is 1. The molecule has 0 radical (unpaired) electrons. The lowest BCUT2D eigenvalue weighted by Crippen LogP contribution is -2.45. The van der Waals surface area contributed by atoms with E-state index in [0.717, 1.165) is 11.1 Å². The van der Waals surface area contributed by atoms with Gasteiger partial charge in [0.2, 0.25) is 5.91 Å². The van der Waals surface area contributed by atoms with Gasteiger partial charge in [0.1, 0.15) is 18.4 Å². The summed E-state index contributed by atoms with van der Waals surface area (Å²) in [7, 11) is 1.27. The minimum absolute atomic E-state index is 0.0104. The van der Waals surface area contributed by atoms with Crippen molar-refractivity contribution in [1.29, 1.82) is 0 Å². The zero-order valence-corrected chi connectivity index (χ0v) is 17.6. The van der Waals surface area contributed by atoms with Gasteiger partial charge >= 0.3 is 5.97 Å². The van der Waals surface area contributed by atoms with Crippen LogP contribution in [0.2, 0.25) is 5.02 Å². The number of primary amides is 1. The van der Waals surface area contributed by atoms with Crippen LogP contribution in [0.1, 0.15) is 39.9 Å². The molecule has 7 nitrogen and oxygen atoms in total. The first-order chi connectivity index (χ1) is 14.3. The van der Waals surface area contributed by atoms with Crippen LogP contribution in [0.4, 0.5) is 0 Å². The van der Waals surface area contributed by atoms with Crippen LogP contribution >= 0.6 is 11.6 Å². The Morgan fingerprint density at radius 3 is 2.70 bits per heavy atom. The molecule has 0 bridgehead atoms. The van der Waals surface area contributed by atoms with Crippen LogP contribution in [-0.2, 0) is 27.5 Å². The molecule has 1 heterocycles. The van der Waals surface area contributed by atoms with Gasteiger partial charge in [-0.05, 0) is 42.7 Å². The fraction of sp³-hybridized carbons (Fsp3) is 0.318. The van der Waals surface area contributed by atoms with E-state index >= 15 is 0 Å². The molecule has 1 aliphatic heterocycles. The number of carbonyl (C=O) groups is 3. The molecule has 0 saturated heterocycles. The third-order valence-corrected chi connectivity index (χ3v) is 5.55. The van der Waals surface area contributed by atoms with Crippen molar-refractivity contribution < 1.29 is 23.9 Å². The number of methoxy groups -OCH3 is 1. The molecule has 0 spiro atoms. The van der Waals surface area contributed by atoms with E-state index in [-0.39, 0.29) is 25.3 Å². The van der Waals surface area contributed by atoms with Crippen LogP contribution in [0.25, 0.3) is 0 Å². The van der Waals surface area contributed by atoms with Gasteiger partial charge in [0.15, 0.2) is 0 Å². The first-order valence-electron chi connectivity index (χ1n) is 9.48. The molecule has 2 aromatic rings. The zero-order valence-electron chi connectivity index (χ0n) is 16.8. The van der Waals surface area contributed by atoms with E-state index in [1.54, 1.807) is 18.2 Å². The Bertz CT molecular complexity index is 991. The maximum absolute atomic E-state index is 12.9. The van der Waals surface area contributed by atoms with Crippen LogP contribution < -0.4 is 10.5 Å². The first-order valence-corrected chi connectivity index (χ1v) is 9.86. The number of amides is 2. The van der Waals surface area contributed by atoms with Crippen molar-refractivity contribution in [1.82, 2.24) is 4.90 Å². The highest BCUT2D eigenvalue weighted by molar-refractivity contribution is 6.31. The summed E-state index contributed by atoms with van der Waals surface area (Å²) < 4.78 is 10.6. The van der Waals surface area contributed by atoms with Gasteiger partial charge < -0.3 is 20.1 Å². The molecule has 2 N–H and O–H groups in total. The smallest absolute Gasteiger partial charge is 0.305 e. The average Bonchev–Trinajstić information content (AvgIpc) is 3.05. The Morgan fingerprint density at radius 1 is 1.27 bits per heavy atom. The molecule has 1 unspecified atom stereocenters. The minimum atomic E-state index is -0.907. The molecular weight excluding hydrogens is 408 g/mol. The molecule has 0 saturated carbocycles. The molecule has 3 rings (SSSR count). The highest BCUT2D eigenvalue weighted by atomic mass is 35.5. The van der Waals surface area contributed by atoms with Crippen LogP contribution in [0.3, 0.4) is 0 Å². The van der Waals surface area contributed by atoms with E-state index in [0.29, 0.717) is 28.5 Å². The van der Waals surface area contributed by atoms with Crippen LogP contribution in [0, 0.1) is 6.92 Å². The third-order valence-electron chi connectivity index (χ3n) is 5.12. The number of rotatable bonds is 8. The van der Waals surface area contributed by atoms with Gasteiger partial charge in [-0.1, -0.05) is 29.8 Å². The summed E-state index contributed by atoms with van der Waals surface area (Å²) in [5, 5.41) is 0.685. The Hall–Kier alpha value is -3.06. The lowest BCUT2D eigenvalue weighted by atomic mass is 10.1. The quantitative estimate of drug-likeness (QED) is 0.649. The van der Waals surface area contributed by atoms with E-state index < -0.39 is 17.9 Å². The van der Waals surface area contributed by atoms with Crippen molar-refractivity contribution in [3.8, 4) is 5.75 Å².